The first-order valence-electron chi connectivity index (χ1n) is 15.5. The maximum Gasteiger partial charge on any atom is 0.345 e. The minimum Gasteiger partial charge on any atom is -0.504 e. The first-order valence-corrected chi connectivity index (χ1v) is 15.5. The third kappa shape index (κ3) is 5.59. The van der Waals surface area contributed by atoms with E-state index < -0.39 is 78.1 Å². The van der Waals surface area contributed by atoms with Crippen molar-refractivity contribution in [1.82, 2.24) is 4.90 Å². The molecule has 262 valence electrons. The molecular weight excluding hydrogens is 650 g/mol. The minimum atomic E-state index is -2.47. The maximum absolute atomic E-state index is 13.2. The standard InChI is InChI=1S/C33H35NO15/c1-34-12-11-32-22-16-7-8-17(35)26(22)48-27(32)18(9-10-33(32,45)20(34)13-16)46-29(42)23(38)24(39)30(43)49-25(15-5-3-2-4-6-15)31(44)47-19(28(40)41)14-21(36)37/h2-9,19-20,23-25,27,30,35,38-39,43,45H,10-14H2,1H3,(H,36,37)(H,40,41)/t19-,20+,23+,24+,25-,27-,30?,32?,33+/m0/s1. The van der Waals surface area contributed by atoms with Crippen molar-refractivity contribution in [2.75, 3.05) is 13.6 Å². The van der Waals surface area contributed by atoms with E-state index in [1.54, 1.807) is 12.1 Å². The van der Waals surface area contributed by atoms with Crippen LogP contribution < -0.4 is 4.74 Å². The highest BCUT2D eigenvalue weighted by molar-refractivity contribution is 5.84. The van der Waals surface area contributed by atoms with Gasteiger partial charge in [-0.1, -0.05) is 36.4 Å². The first-order chi connectivity index (χ1) is 23.2. The third-order valence-corrected chi connectivity index (χ3v) is 9.91. The normalized spacial score (nSPS) is 28.1. The van der Waals surface area contributed by atoms with Crippen LogP contribution in [-0.4, -0.2) is 120 Å². The molecule has 2 aliphatic heterocycles. The van der Waals surface area contributed by atoms with Gasteiger partial charge in [-0.25, -0.2) is 14.4 Å². The number of aliphatic carboxylic acids is 2. The zero-order valence-corrected chi connectivity index (χ0v) is 26.0. The number of ether oxygens (including phenoxy) is 4. The molecule has 2 aliphatic carbocycles. The van der Waals surface area contributed by atoms with E-state index in [-0.39, 0.29) is 35.3 Å². The summed E-state index contributed by atoms with van der Waals surface area (Å²) in [5.41, 5.74) is -0.981. The van der Waals surface area contributed by atoms with Crippen molar-refractivity contribution < 1.29 is 73.9 Å². The molecule has 0 radical (unpaired) electrons. The molecule has 7 N–H and O–H groups in total. The lowest BCUT2D eigenvalue weighted by Gasteiger charge is -2.61. The summed E-state index contributed by atoms with van der Waals surface area (Å²) in [5, 5.41) is 73.4. The van der Waals surface area contributed by atoms with Crippen molar-refractivity contribution in [3.63, 3.8) is 0 Å². The van der Waals surface area contributed by atoms with Crippen LogP contribution in [0.5, 0.6) is 11.5 Å². The number of aliphatic hydroxyl groups excluding tert-OH is 3. The van der Waals surface area contributed by atoms with E-state index in [1.165, 1.54) is 36.4 Å². The third-order valence-electron chi connectivity index (χ3n) is 9.91. The zero-order valence-electron chi connectivity index (χ0n) is 26.0. The predicted molar refractivity (Wildman–Crippen MR) is 161 cm³/mol. The Balaban J connectivity index is 1.20. The van der Waals surface area contributed by atoms with E-state index in [4.69, 9.17) is 24.1 Å². The average Bonchev–Trinajstić information content (AvgIpc) is 3.43. The molecule has 1 spiro atoms. The zero-order chi connectivity index (χ0) is 35.4. The van der Waals surface area contributed by atoms with Crippen LogP contribution in [0.2, 0.25) is 0 Å². The molecule has 9 atom stereocenters. The fourth-order valence-corrected chi connectivity index (χ4v) is 7.57. The summed E-state index contributed by atoms with van der Waals surface area (Å²) in [6.45, 7) is 0.558. The van der Waals surface area contributed by atoms with Crippen molar-refractivity contribution in [2.24, 2.45) is 0 Å². The molecule has 0 saturated carbocycles. The number of carboxylic acids is 2. The van der Waals surface area contributed by atoms with Gasteiger partial charge in [0.1, 0.15) is 11.9 Å². The highest BCUT2D eigenvalue weighted by atomic mass is 16.7. The molecule has 1 saturated heterocycles. The maximum atomic E-state index is 13.2. The molecule has 0 aromatic heterocycles. The van der Waals surface area contributed by atoms with Gasteiger partial charge in [0.2, 0.25) is 6.10 Å². The molecular formula is C33H35NO15. The number of benzene rings is 2. The van der Waals surface area contributed by atoms with Crippen molar-refractivity contribution >= 4 is 23.9 Å². The molecule has 2 aromatic rings. The van der Waals surface area contributed by atoms with Crippen LogP contribution in [0.25, 0.3) is 0 Å². The predicted octanol–water partition coefficient (Wildman–Crippen LogP) is -0.518. The van der Waals surface area contributed by atoms with Gasteiger partial charge in [0, 0.05) is 18.0 Å². The Morgan fingerprint density at radius 2 is 1.76 bits per heavy atom. The number of likely N-dealkylation sites (tertiary alicyclic amines) is 1. The Labute approximate surface area is 278 Å². The van der Waals surface area contributed by atoms with E-state index in [0.717, 1.165) is 5.56 Å². The lowest BCUT2D eigenvalue weighted by molar-refractivity contribution is -0.225. The van der Waals surface area contributed by atoms with E-state index in [9.17, 15) is 49.8 Å². The number of nitrogens with zero attached hydrogens (tertiary/aromatic N) is 1. The van der Waals surface area contributed by atoms with Crippen molar-refractivity contribution in [3.05, 3.63) is 71.0 Å². The number of esters is 2. The van der Waals surface area contributed by atoms with Gasteiger partial charge in [-0.3, -0.25) is 4.79 Å². The Morgan fingerprint density at radius 1 is 1.04 bits per heavy atom. The number of phenolic OH excluding ortho intramolecular Hbond substituents is 1. The molecule has 49 heavy (non-hydrogen) atoms. The second-order valence-electron chi connectivity index (χ2n) is 12.6. The second kappa shape index (κ2) is 12.7. The van der Waals surface area contributed by atoms with Crippen LogP contribution >= 0.6 is 0 Å². The minimum absolute atomic E-state index is 0.00105. The van der Waals surface area contributed by atoms with Gasteiger partial charge in [0.25, 0.3) is 0 Å². The van der Waals surface area contributed by atoms with Crippen molar-refractivity contribution in [1.29, 1.82) is 0 Å². The van der Waals surface area contributed by atoms with Gasteiger partial charge < -0.3 is 59.6 Å². The highest BCUT2D eigenvalue weighted by Gasteiger charge is 2.72. The Kier molecular flexibility index (Phi) is 8.89. The van der Waals surface area contributed by atoms with E-state index >= 15 is 0 Å². The van der Waals surface area contributed by atoms with E-state index in [2.05, 4.69) is 4.90 Å². The van der Waals surface area contributed by atoms with Gasteiger partial charge in [-0.2, -0.15) is 0 Å². The summed E-state index contributed by atoms with van der Waals surface area (Å²) in [5.74, 6) is -6.31. The fourth-order valence-electron chi connectivity index (χ4n) is 7.57. The Bertz CT molecular complexity index is 1700. The number of hydrogen-bond donors (Lipinski definition) is 7. The van der Waals surface area contributed by atoms with Crippen LogP contribution in [0.1, 0.15) is 42.1 Å². The Morgan fingerprint density at radius 3 is 2.43 bits per heavy atom. The summed E-state index contributed by atoms with van der Waals surface area (Å²) in [6.07, 6.45) is -11.2. The van der Waals surface area contributed by atoms with E-state index in [1.807, 2.05) is 7.05 Å². The molecule has 0 amide bonds. The number of aromatic hydroxyl groups is 1. The molecule has 4 aliphatic rings. The molecule has 2 heterocycles. The summed E-state index contributed by atoms with van der Waals surface area (Å²) in [7, 11) is 1.90. The molecule has 2 unspecified atom stereocenters. The molecule has 1 fully saturated rings. The number of carboxylic acid groups (broad SMARTS) is 2. The van der Waals surface area contributed by atoms with Crippen LogP contribution in [-0.2, 0) is 45.2 Å². The van der Waals surface area contributed by atoms with Crippen molar-refractivity contribution in [2.45, 2.75) is 79.6 Å². The molecule has 2 bridgehead atoms. The SMILES string of the molecule is CN1CCC23c4c5ccc(O)c4O[C@H]2C(OC(=O)[C@H](O)[C@@H](O)C(O)O[C@H](C(=O)O[C@@H](CC(=O)O)C(=O)O)c2ccccc2)=CC[C@@]3(O)[C@H]1C5. The number of likely N-dealkylation sites (N-methyl/N-ethyl adjacent to an activating group) is 1. The van der Waals surface area contributed by atoms with Gasteiger partial charge in [0.15, 0.2) is 36.1 Å². The number of carbonyl (C=O) groups excluding carboxylic acids is 2. The second-order valence-corrected chi connectivity index (χ2v) is 12.6. The molecule has 16 nitrogen and oxygen atoms in total. The summed E-state index contributed by atoms with van der Waals surface area (Å²) in [6, 6.07) is 10.1. The number of hydrogen-bond acceptors (Lipinski definition) is 14. The number of carbonyl (C=O) groups is 4. The topological polar surface area (TPSA) is 250 Å². The van der Waals surface area contributed by atoms with E-state index in [0.29, 0.717) is 24.9 Å². The summed E-state index contributed by atoms with van der Waals surface area (Å²) >= 11 is 0. The van der Waals surface area contributed by atoms with Crippen molar-refractivity contribution in [3.8, 4) is 11.5 Å². The van der Waals surface area contributed by atoms with Crippen LogP contribution in [0.3, 0.4) is 0 Å². The number of rotatable bonds is 12. The Hall–Kier alpha value is -4.58. The van der Waals surface area contributed by atoms with Crippen LogP contribution in [0.4, 0.5) is 0 Å². The van der Waals surface area contributed by atoms with Crippen LogP contribution in [0.15, 0.2) is 54.3 Å². The fraction of sp³-hybridized carbons (Fsp3) is 0.455. The first kappa shape index (κ1) is 34.3. The number of piperidine rings is 1. The molecule has 2 aromatic carbocycles. The van der Waals surface area contributed by atoms with Crippen LogP contribution in [0, 0.1) is 0 Å². The van der Waals surface area contributed by atoms with Gasteiger partial charge >= 0.3 is 23.9 Å². The average molecular weight is 686 g/mol. The summed E-state index contributed by atoms with van der Waals surface area (Å²) < 4.78 is 21.8. The highest BCUT2D eigenvalue weighted by Crippen LogP contribution is 2.65. The van der Waals surface area contributed by atoms with Gasteiger partial charge in [0.05, 0.1) is 17.4 Å². The number of aliphatic hydroxyl groups is 4. The lowest BCUT2D eigenvalue weighted by atomic mass is 9.50. The largest absolute Gasteiger partial charge is 0.504 e. The monoisotopic (exact) mass is 685 g/mol. The van der Waals surface area contributed by atoms with Gasteiger partial charge in [-0.15, -0.1) is 0 Å². The van der Waals surface area contributed by atoms with Gasteiger partial charge in [-0.05, 0) is 49.7 Å². The smallest absolute Gasteiger partial charge is 0.345 e. The quantitative estimate of drug-likeness (QED) is 0.110. The number of phenols is 1. The lowest BCUT2D eigenvalue weighted by Crippen LogP contribution is -2.74. The summed E-state index contributed by atoms with van der Waals surface area (Å²) in [4.78, 5) is 50.8. The molecule has 16 heteroatoms. The molecule has 6 rings (SSSR count).